The zero-order chi connectivity index (χ0) is 19.2. The SMILES string of the molecule is CCCC[C@H]1CN(c2ccccc2OC)C(=O)CN1C(=O)c1cccnn1. The Morgan fingerprint density at radius 1 is 1.26 bits per heavy atom. The topological polar surface area (TPSA) is 75.6 Å². The molecule has 2 aromatic rings. The van der Waals surface area contributed by atoms with Crippen molar-refractivity contribution in [1.29, 1.82) is 0 Å². The van der Waals surface area contributed by atoms with E-state index in [0.717, 1.165) is 24.9 Å². The number of aromatic nitrogens is 2. The van der Waals surface area contributed by atoms with Crippen LogP contribution in [0.3, 0.4) is 0 Å². The molecule has 0 spiro atoms. The van der Waals surface area contributed by atoms with Gasteiger partial charge in [-0.15, -0.1) is 5.10 Å². The average Bonchev–Trinajstić information content (AvgIpc) is 2.72. The van der Waals surface area contributed by atoms with Crippen LogP contribution in [0.15, 0.2) is 42.6 Å². The summed E-state index contributed by atoms with van der Waals surface area (Å²) in [5.74, 6) is 0.260. The highest BCUT2D eigenvalue weighted by molar-refractivity contribution is 6.02. The molecule has 1 atom stereocenters. The highest BCUT2D eigenvalue weighted by Crippen LogP contribution is 2.31. The maximum atomic E-state index is 12.9. The Hall–Kier alpha value is -2.96. The van der Waals surface area contributed by atoms with E-state index in [1.165, 1.54) is 6.20 Å². The summed E-state index contributed by atoms with van der Waals surface area (Å²) in [5, 5.41) is 7.69. The predicted octanol–water partition coefficient (Wildman–Crippen LogP) is 2.53. The van der Waals surface area contributed by atoms with Gasteiger partial charge in [-0.2, -0.15) is 5.10 Å². The maximum Gasteiger partial charge on any atom is 0.275 e. The fourth-order valence-electron chi connectivity index (χ4n) is 3.34. The minimum absolute atomic E-state index is 0.0157. The molecule has 0 saturated carbocycles. The quantitative estimate of drug-likeness (QED) is 0.783. The molecule has 1 saturated heterocycles. The molecule has 2 amide bonds. The third kappa shape index (κ3) is 4.07. The van der Waals surface area contributed by atoms with Crippen LogP contribution in [0, 0.1) is 0 Å². The number of amides is 2. The zero-order valence-corrected chi connectivity index (χ0v) is 15.7. The van der Waals surface area contributed by atoms with Crippen LogP contribution >= 0.6 is 0 Å². The number of ether oxygens (including phenoxy) is 1. The van der Waals surface area contributed by atoms with E-state index in [1.54, 1.807) is 29.0 Å². The molecule has 1 aromatic carbocycles. The van der Waals surface area contributed by atoms with Crippen molar-refractivity contribution < 1.29 is 14.3 Å². The van der Waals surface area contributed by atoms with Gasteiger partial charge in [-0.25, -0.2) is 0 Å². The fraction of sp³-hybridized carbons (Fsp3) is 0.400. The van der Waals surface area contributed by atoms with Gasteiger partial charge in [0.2, 0.25) is 5.91 Å². The van der Waals surface area contributed by atoms with Crippen molar-refractivity contribution in [3.8, 4) is 5.75 Å². The first-order valence-corrected chi connectivity index (χ1v) is 9.17. The number of rotatable bonds is 6. The van der Waals surface area contributed by atoms with E-state index in [2.05, 4.69) is 17.1 Å². The number of piperazine rings is 1. The number of carbonyl (C=O) groups excluding carboxylic acids is 2. The van der Waals surface area contributed by atoms with Crippen molar-refractivity contribution >= 4 is 17.5 Å². The molecule has 0 radical (unpaired) electrons. The molecule has 142 valence electrons. The monoisotopic (exact) mass is 368 g/mol. The molecule has 1 fully saturated rings. The fourth-order valence-corrected chi connectivity index (χ4v) is 3.34. The molecular formula is C20H24N4O3. The molecule has 1 aliphatic heterocycles. The van der Waals surface area contributed by atoms with Gasteiger partial charge in [0.15, 0.2) is 5.69 Å². The third-order valence-electron chi connectivity index (χ3n) is 4.76. The lowest BCUT2D eigenvalue weighted by Gasteiger charge is -2.41. The van der Waals surface area contributed by atoms with Crippen LogP contribution in [0.5, 0.6) is 5.75 Å². The van der Waals surface area contributed by atoms with Crippen molar-refractivity contribution in [3.63, 3.8) is 0 Å². The molecule has 0 unspecified atom stereocenters. The molecule has 0 aliphatic carbocycles. The van der Waals surface area contributed by atoms with Gasteiger partial charge < -0.3 is 14.5 Å². The normalized spacial score (nSPS) is 17.1. The first-order valence-electron chi connectivity index (χ1n) is 9.17. The van der Waals surface area contributed by atoms with E-state index in [0.29, 0.717) is 12.3 Å². The van der Waals surface area contributed by atoms with Crippen LogP contribution in [-0.2, 0) is 4.79 Å². The smallest absolute Gasteiger partial charge is 0.275 e. The number of benzene rings is 1. The Balaban J connectivity index is 1.88. The van der Waals surface area contributed by atoms with E-state index in [-0.39, 0.29) is 30.1 Å². The van der Waals surface area contributed by atoms with Gasteiger partial charge in [-0.1, -0.05) is 31.9 Å². The summed E-state index contributed by atoms with van der Waals surface area (Å²) >= 11 is 0. The summed E-state index contributed by atoms with van der Waals surface area (Å²) in [5.41, 5.74) is 0.996. The number of carbonyl (C=O) groups is 2. The van der Waals surface area contributed by atoms with E-state index in [4.69, 9.17) is 4.74 Å². The average molecular weight is 368 g/mol. The minimum Gasteiger partial charge on any atom is -0.495 e. The number of para-hydroxylation sites is 2. The van der Waals surface area contributed by atoms with Gasteiger partial charge in [0.1, 0.15) is 12.3 Å². The molecule has 7 heteroatoms. The van der Waals surface area contributed by atoms with Gasteiger partial charge in [-0.05, 0) is 30.7 Å². The Bertz CT molecular complexity index is 797. The van der Waals surface area contributed by atoms with E-state index in [1.807, 2.05) is 24.3 Å². The molecule has 2 heterocycles. The standard InChI is InChI=1S/C20H24N4O3/c1-3-4-8-15-13-24(17-10-5-6-11-18(17)27-2)19(25)14-23(15)20(26)16-9-7-12-21-22-16/h5-7,9-12,15H,3-4,8,13-14H2,1-2H3/t15-/m0/s1. The van der Waals surface area contributed by atoms with Gasteiger partial charge in [0.25, 0.3) is 5.91 Å². The molecule has 0 bridgehead atoms. The highest BCUT2D eigenvalue weighted by atomic mass is 16.5. The number of methoxy groups -OCH3 is 1. The largest absolute Gasteiger partial charge is 0.495 e. The summed E-state index contributed by atoms with van der Waals surface area (Å²) in [6.07, 6.45) is 4.34. The van der Waals surface area contributed by atoms with E-state index in [9.17, 15) is 9.59 Å². The second-order valence-corrected chi connectivity index (χ2v) is 6.51. The first kappa shape index (κ1) is 18.8. The zero-order valence-electron chi connectivity index (χ0n) is 15.7. The summed E-state index contributed by atoms with van der Waals surface area (Å²) < 4.78 is 5.41. The molecule has 1 aromatic heterocycles. The molecule has 1 aliphatic rings. The van der Waals surface area contributed by atoms with Crippen molar-refractivity contribution in [2.45, 2.75) is 32.2 Å². The van der Waals surface area contributed by atoms with Gasteiger partial charge in [-0.3, -0.25) is 9.59 Å². The predicted molar refractivity (Wildman–Crippen MR) is 102 cm³/mol. The Labute approximate surface area is 158 Å². The van der Waals surface area contributed by atoms with E-state index < -0.39 is 0 Å². The van der Waals surface area contributed by atoms with Crippen LogP contribution in [0.1, 0.15) is 36.7 Å². The summed E-state index contributed by atoms with van der Waals surface area (Å²) in [4.78, 5) is 29.1. The second kappa shape index (κ2) is 8.62. The van der Waals surface area contributed by atoms with Crippen LogP contribution in [0.2, 0.25) is 0 Å². The van der Waals surface area contributed by atoms with Gasteiger partial charge in [0.05, 0.1) is 18.8 Å². The number of hydrogen-bond donors (Lipinski definition) is 0. The molecule has 0 N–H and O–H groups in total. The molecule has 3 rings (SSSR count). The molecular weight excluding hydrogens is 344 g/mol. The molecule has 7 nitrogen and oxygen atoms in total. The summed E-state index contributed by atoms with van der Waals surface area (Å²) in [7, 11) is 1.59. The molecule has 27 heavy (non-hydrogen) atoms. The number of nitrogens with zero attached hydrogens (tertiary/aromatic N) is 4. The lowest BCUT2D eigenvalue weighted by Crippen LogP contribution is -2.58. The number of unbranched alkanes of at least 4 members (excludes halogenated alkanes) is 1. The van der Waals surface area contributed by atoms with Crippen LogP contribution in [-0.4, -0.2) is 53.2 Å². The summed E-state index contributed by atoms with van der Waals surface area (Å²) in [6, 6.07) is 10.7. The number of anilines is 1. The Morgan fingerprint density at radius 2 is 2.07 bits per heavy atom. The highest BCUT2D eigenvalue weighted by Gasteiger charge is 2.37. The first-order chi connectivity index (χ1) is 13.2. The van der Waals surface area contributed by atoms with E-state index >= 15 is 0 Å². The van der Waals surface area contributed by atoms with Crippen LogP contribution in [0.25, 0.3) is 0 Å². The van der Waals surface area contributed by atoms with Gasteiger partial charge >= 0.3 is 0 Å². The van der Waals surface area contributed by atoms with Crippen LogP contribution in [0.4, 0.5) is 5.69 Å². The minimum atomic E-state index is -0.253. The number of hydrogen-bond acceptors (Lipinski definition) is 5. The lowest BCUT2D eigenvalue weighted by atomic mass is 10.0. The second-order valence-electron chi connectivity index (χ2n) is 6.51. The van der Waals surface area contributed by atoms with Gasteiger partial charge in [0, 0.05) is 12.7 Å². The third-order valence-corrected chi connectivity index (χ3v) is 4.76. The van der Waals surface area contributed by atoms with Crippen molar-refractivity contribution in [2.75, 3.05) is 25.1 Å². The summed E-state index contributed by atoms with van der Waals surface area (Å²) in [6.45, 7) is 2.56. The van der Waals surface area contributed by atoms with Crippen LogP contribution < -0.4 is 9.64 Å². The van der Waals surface area contributed by atoms with Crippen molar-refractivity contribution in [3.05, 3.63) is 48.3 Å². The van der Waals surface area contributed by atoms with Crippen molar-refractivity contribution in [2.24, 2.45) is 0 Å². The van der Waals surface area contributed by atoms with Crippen molar-refractivity contribution in [1.82, 2.24) is 15.1 Å². The lowest BCUT2D eigenvalue weighted by molar-refractivity contribution is -0.121. The Kier molecular flexibility index (Phi) is 6.01. The Morgan fingerprint density at radius 3 is 2.78 bits per heavy atom. The maximum absolute atomic E-state index is 12.9.